The molecule has 0 bridgehead atoms. The van der Waals surface area contributed by atoms with Gasteiger partial charge in [0.05, 0.1) is 5.69 Å². The maximum atomic E-state index is 15.0. The SMILES string of the molecule is O=C1CCC(N2Cc3cc(N4CCN(Cc5cccc(Cl)c5)CC4)c(F)cc3C2=O)C(=O)N1. The molecule has 2 aromatic carbocycles. The van der Waals surface area contributed by atoms with E-state index < -0.39 is 17.8 Å². The molecule has 3 heterocycles. The number of rotatable bonds is 4. The molecule has 1 atom stereocenters. The van der Waals surface area contributed by atoms with E-state index in [-0.39, 0.29) is 31.2 Å². The van der Waals surface area contributed by atoms with Crippen LogP contribution in [-0.4, -0.2) is 59.7 Å². The first-order valence-corrected chi connectivity index (χ1v) is 11.5. The van der Waals surface area contributed by atoms with Crippen molar-refractivity contribution in [2.45, 2.75) is 32.0 Å². The van der Waals surface area contributed by atoms with Crippen molar-refractivity contribution in [2.75, 3.05) is 31.1 Å². The van der Waals surface area contributed by atoms with Gasteiger partial charge in [-0.25, -0.2) is 4.39 Å². The number of benzene rings is 2. The summed E-state index contributed by atoms with van der Waals surface area (Å²) in [6.45, 7) is 3.93. The minimum Gasteiger partial charge on any atom is -0.367 e. The highest BCUT2D eigenvalue weighted by atomic mass is 35.5. The number of nitrogens with one attached hydrogen (secondary N) is 1. The third-order valence-electron chi connectivity index (χ3n) is 6.60. The molecule has 0 aromatic heterocycles. The van der Waals surface area contributed by atoms with Crippen molar-refractivity contribution in [1.82, 2.24) is 15.1 Å². The second-order valence-corrected chi connectivity index (χ2v) is 9.19. The van der Waals surface area contributed by atoms with Gasteiger partial charge in [-0.1, -0.05) is 23.7 Å². The number of amides is 3. The molecule has 3 aliphatic rings. The molecule has 0 saturated carbocycles. The zero-order chi connectivity index (χ0) is 23.1. The van der Waals surface area contributed by atoms with E-state index in [9.17, 15) is 14.4 Å². The monoisotopic (exact) mass is 470 g/mol. The second kappa shape index (κ2) is 8.76. The zero-order valence-electron chi connectivity index (χ0n) is 18.0. The summed E-state index contributed by atoms with van der Waals surface area (Å²) in [5.74, 6) is -1.60. The number of anilines is 1. The minimum atomic E-state index is -0.704. The van der Waals surface area contributed by atoms with Crippen LogP contribution in [0.5, 0.6) is 0 Å². The summed E-state index contributed by atoms with van der Waals surface area (Å²) in [7, 11) is 0. The average Bonchev–Trinajstić information content (AvgIpc) is 3.09. The highest BCUT2D eigenvalue weighted by Gasteiger charge is 2.39. The first kappa shape index (κ1) is 21.9. The van der Waals surface area contributed by atoms with Crippen molar-refractivity contribution in [1.29, 1.82) is 0 Å². The molecular formula is C24H24ClFN4O3. The molecule has 2 fully saturated rings. The second-order valence-electron chi connectivity index (χ2n) is 8.75. The standard InChI is InChI=1S/C24H24ClFN4O3/c25-17-3-1-2-15(10-17)13-28-6-8-29(9-7-28)21-11-16-14-30(24(33)18(16)12-19(21)26)20-4-5-22(31)27-23(20)32/h1-3,10-12,20H,4-9,13-14H2,(H,27,31,32). The van der Waals surface area contributed by atoms with Gasteiger partial charge in [-0.3, -0.25) is 24.6 Å². The van der Waals surface area contributed by atoms with Crippen molar-refractivity contribution in [3.05, 3.63) is 63.9 Å². The third-order valence-corrected chi connectivity index (χ3v) is 6.83. The maximum absolute atomic E-state index is 15.0. The van der Waals surface area contributed by atoms with Gasteiger partial charge < -0.3 is 9.80 Å². The van der Waals surface area contributed by atoms with Gasteiger partial charge in [-0.15, -0.1) is 0 Å². The van der Waals surface area contributed by atoms with E-state index in [1.165, 1.54) is 11.0 Å². The fourth-order valence-electron chi connectivity index (χ4n) is 4.86. The summed E-state index contributed by atoms with van der Waals surface area (Å²) in [6.07, 6.45) is 0.476. The molecule has 0 aliphatic carbocycles. The highest BCUT2D eigenvalue weighted by molar-refractivity contribution is 6.30. The molecule has 0 spiro atoms. The lowest BCUT2D eigenvalue weighted by Gasteiger charge is -2.36. The van der Waals surface area contributed by atoms with Crippen molar-refractivity contribution in [3.8, 4) is 0 Å². The Morgan fingerprint density at radius 3 is 2.58 bits per heavy atom. The average molecular weight is 471 g/mol. The van der Waals surface area contributed by atoms with Crippen LogP contribution in [0.4, 0.5) is 10.1 Å². The van der Waals surface area contributed by atoms with Crippen LogP contribution in [0.3, 0.4) is 0 Å². The number of piperidine rings is 1. The van der Waals surface area contributed by atoms with E-state index in [1.54, 1.807) is 6.07 Å². The topological polar surface area (TPSA) is 73.0 Å². The fraction of sp³-hybridized carbons (Fsp3) is 0.375. The van der Waals surface area contributed by atoms with Crippen LogP contribution in [0.25, 0.3) is 0 Å². The molecule has 1 unspecified atom stereocenters. The highest BCUT2D eigenvalue weighted by Crippen LogP contribution is 2.33. The summed E-state index contributed by atoms with van der Waals surface area (Å²) in [5.41, 5.74) is 2.63. The van der Waals surface area contributed by atoms with Crippen molar-refractivity contribution in [3.63, 3.8) is 0 Å². The predicted octanol–water partition coefficient (Wildman–Crippen LogP) is 2.56. The van der Waals surface area contributed by atoms with Gasteiger partial charge in [0.25, 0.3) is 5.91 Å². The number of carbonyl (C=O) groups excluding carboxylic acids is 3. The molecule has 9 heteroatoms. The first-order chi connectivity index (χ1) is 15.9. The quantitative estimate of drug-likeness (QED) is 0.695. The lowest BCUT2D eigenvalue weighted by atomic mass is 10.0. The van der Waals surface area contributed by atoms with E-state index in [0.29, 0.717) is 34.9 Å². The Balaban J connectivity index is 1.27. The third kappa shape index (κ3) is 4.32. The molecule has 2 aromatic rings. The van der Waals surface area contributed by atoms with Crippen LogP contribution in [0.1, 0.15) is 34.3 Å². The van der Waals surface area contributed by atoms with E-state index in [0.717, 1.165) is 25.2 Å². The number of carbonyl (C=O) groups is 3. The molecule has 7 nitrogen and oxygen atoms in total. The minimum absolute atomic E-state index is 0.190. The van der Waals surface area contributed by atoms with Crippen LogP contribution in [0.15, 0.2) is 36.4 Å². The molecule has 172 valence electrons. The van der Waals surface area contributed by atoms with E-state index >= 15 is 4.39 Å². The van der Waals surface area contributed by atoms with E-state index in [2.05, 4.69) is 10.2 Å². The van der Waals surface area contributed by atoms with E-state index in [4.69, 9.17) is 11.6 Å². The fourth-order valence-corrected chi connectivity index (χ4v) is 5.07. The van der Waals surface area contributed by atoms with Crippen LogP contribution >= 0.6 is 11.6 Å². The number of halogens is 2. The Hall–Kier alpha value is -2.97. The number of hydrogen-bond donors (Lipinski definition) is 1. The van der Waals surface area contributed by atoms with Gasteiger partial charge >= 0.3 is 0 Å². The van der Waals surface area contributed by atoms with Crippen LogP contribution in [0, 0.1) is 5.82 Å². The van der Waals surface area contributed by atoms with Crippen LogP contribution in [0.2, 0.25) is 5.02 Å². The molecule has 5 rings (SSSR count). The molecule has 1 N–H and O–H groups in total. The van der Waals surface area contributed by atoms with Gasteiger partial charge in [0.15, 0.2) is 0 Å². The number of piperazine rings is 1. The summed E-state index contributed by atoms with van der Waals surface area (Å²) in [6, 6.07) is 10.1. The van der Waals surface area contributed by atoms with Crippen LogP contribution in [-0.2, 0) is 22.7 Å². The summed E-state index contributed by atoms with van der Waals surface area (Å²) < 4.78 is 15.0. The van der Waals surface area contributed by atoms with Crippen molar-refractivity contribution >= 4 is 35.0 Å². The number of imide groups is 1. The van der Waals surface area contributed by atoms with Gasteiger partial charge in [0.1, 0.15) is 11.9 Å². The molecule has 3 aliphatic heterocycles. The molecule has 2 saturated heterocycles. The smallest absolute Gasteiger partial charge is 0.255 e. The number of fused-ring (bicyclic) bond motifs is 1. The van der Waals surface area contributed by atoms with Crippen molar-refractivity contribution < 1.29 is 18.8 Å². The lowest BCUT2D eigenvalue weighted by molar-refractivity contribution is -0.136. The Labute approximate surface area is 196 Å². The number of hydrogen-bond acceptors (Lipinski definition) is 5. The summed E-state index contributed by atoms with van der Waals surface area (Å²) in [5, 5.41) is 3.00. The van der Waals surface area contributed by atoms with Gasteiger partial charge in [0, 0.05) is 56.3 Å². The van der Waals surface area contributed by atoms with E-state index in [1.807, 2.05) is 29.2 Å². The lowest BCUT2D eigenvalue weighted by Crippen LogP contribution is -2.52. The van der Waals surface area contributed by atoms with Gasteiger partial charge in [-0.05, 0) is 41.8 Å². The molecule has 0 radical (unpaired) electrons. The Kier molecular flexibility index (Phi) is 5.80. The Bertz CT molecular complexity index is 1130. The summed E-state index contributed by atoms with van der Waals surface area (Å²) >= 11 is 6.08. The van der Waals surface area contributed by atoms with Crippen LogP contribution < -0.4 is 10.2 Å². The molecular weight excluding hydrogens is 447 g/mol. The zero-order valence-corrected chi connectivity index (χ0v) is 18.8. The molecule has 33 heavy (non-hydrogen) atoms. The van der Waals surface area contributed by atoms with Crippen molar-refractivity contribution in [2.24, 2.45) is 0 Å². The predicted molar refractivity (Wildman–Crippen MR) is 121 cm³/mol. The first-order valence-electron chi connectivity index (χ1n) is 11.1. The van der Waals surface area contributed by atoms with Gasteiger partial charge in [0.2, 0.25) is 11.8 Å². The maximum Gasteiger partial charge on any atom is 0.255 e. The normalized spacial score (nSPS) is 21.4. The summed E-state index contributed by atoms with van der Waals surface area (Å²) in [4.78, 5) is 42.3. The van der Waals surface area contributed by atoms with Gasteiger partial charge in [-0.2, -0.15) is 0 Å². The number of nitrogens with zero attached hydrogens (tertiary/aromatic N) is 3. The Morgan fingerprint density at radius 2 is 1.85 bits per heavy atom. The molecule has 3 amide bonds. The Morgan fingerprint density at radius 1 is 1.06 bits per heavy atom. The largest absolute Gasteiger partial charge is 0.367 e.